The van der Waals surface area contributed by atoms with E-state index in [0.29, 0.717) is 13.2 Å². The fourth-order valence-electron chi connectivity index (χ4n) is 2.51. The minimum atomic E-state index is -0.188. The van der Waals surface area contributed by atoms with Gasteiger partial charge < -0.3 is 9.47 Å². The zero-order valence-electron chi connectivity index (χ0n) is 16.8. The molecular formula is C22H38O4. The van der Waals surface area contributed by atoms with Gasteiger partial charge in [0.25, 0.3) is 0 Å². The maximum Gasteiger partial charge on any atom is 0.302 e. The molecule has 0 N–H and O–H groups in total. The summed E-state index contributed by atoms with van der Waals surface area (Å²) in [6, 6.07) is 0. The summed E-state index contributed by atoms with van der Waals surface area (Å²) in [5, 5.41) is 0. The summed E-state index contributed by atoms with van der Waals surface area (Å²) in [6.45, 7) is 4.00. The number of carbonyl (C=O) groups is 2. The first-order valence-corrected chi connectivity index (χ1v) is 10.2. The average molecular weight is 367 g/mol. The molecule has 0 heterocycles. The zero-order valence-corrected chi connectivity index (χ0v) is 16.8. The topological polar surface area (TPSA) is 52.6 Å². The molecule has 0 aliphatic carbocycles. The Morgan fingerprint density at radius 1 is 0.538 bits per heavy atom. The lowest BCUT2D eigenvalue weighted by Crippen LogP contribution is -1.99. The van der Waals surface area contributed by atoms with E-state index in [-0.39, 0.29) is 11.9 Å². The van der Waals surface area contributed by atoms with Crippen LogP contribution in [0.5, 0.6) is 0 Å². The molecule has 4 heteroatoms. The molecule has 0 saturated heterocycles. The average Bonchev–Trinajstić information content (AvgIpc) is 2.59. The van der Waals surface area contributed by atoms with Crippen molar-refractivity contribution < 1.29 is 19.1 Å². The van der Waals surface area contributed by atoms with Crippen molar-refractivity contribution in [2.45, 2.75) is 90.9 Å². The molecule has 0 aromatic heterocycles. The van der Waals surface area contributed by atoms with Crippen molar-refractivity contribution in [2.24, 2.45) is 0 Å². The monoisotopic (exact) mass is 366 g/mol. The summed E-state index contributed by atoms with van der Waals surface area (Å²) >= 11 is 0. The van der Waals surface area contributed by atoms with Crippen molar-refractivity contribution in [1.82, 2.24) is 0 Å². The lowest BCUT2D eigenvalue weighted by Gasteiger charge is -2.00. The van der Waals surface area contributed by atoms with Crippen molar-refractivity contribution in [3.8, 4) is 0 Å². The Bertz CT molecular complexity index is 361. The number of hydrogen-bond acceptors (Lipinski definition) is 4. The Labute approximate surface area is 160 Å². The number of esters is 2. The molecular weight excluding hydrogens is 328 g/mol. The number of unbranched alkanes of at least 4 members (excludes halogenated alkanes) is 9. The fraction of sp³-hybridized carbons (Fsp3) is 0.727. The van der Waals surface area contributed by atoms with Crippen LogP contribution in [0.4, 0.5) is 0 Å². The third-order valence-electron chi connectivity index (χ3n) is 3.97. The smallest absolute Gasteiger partial charge is 0.302 e. The summed E-state index contributed by atoms with van der Waals surface area (Å²) in [6.07, 6.45) is 22.7. The number of rotatable bonds is 17. The van der Waals surface area contributed by atoms with Crippen LogP contribution in [0.1, 0.15) is 90.9 Å². The molecule has 0 rings (SSSR count). The predicted molar refractivity (Wildman–Crippen MR) is 107 cm³/mol. The number of carbonyl (C=O) groups excluding carboxylic acids is 2. The summed E-state index contributed by atoms with van der Waals surface area (Å²) < 4.78 is 9.79. The molecule has 0 radical (unpaired) electrons. The molecule has 0 aromatic carbocycles. The van der Waals surface area contributed by atoms with E-state index in [4.69, 9.17) is 9.47 Å². The second-order valence-electron chi connectivity index (χ2n) is 6.61. The highest BCUT2D eigenvalue weighted by Gasteiger charge is 1.93. The van der Waals surface area contributed by atoms with Crippen LogP contribution in [0.15, 0.2) is 24.3 Å². The number of hydrogen-bond donors (Lipinski definition) is 0. The van der Waals surface area contributed by atoms with E-state index in [9.17, 15) is 9.59 Å². The van der Waals surface area contributed by atoms with E-state index in [0.717, 1.165) is 38.5 Å². The molecule has 0 aliphatic rings. The van der Waals surface area contributed by atoms with Gasteiger partial charge in [0, 0.05) is 13.8 Å². The highest BCUT2D eigenvalue weighted by Crippen LogP contribution is 2.08. The SMILES string of the molecule is CC(=O)OCCCC/C=C/CCCCCC/C=C/CCCCOC(C)=O. The van der Waals surface area contributed by atoms with Gasteiger partial charge in [-0.3, -0.25) is 9.59 Å². The number of allylic oxidation sites excluding steroid dienone is 4. The van der Waals surface area contributed by atoms with Crippen LogP contribution < -0.4 is 0 Å². The van der Waals surface area contributed by atoms with Crippen LogP contribution in [0.25, 0.3) is 0 Å². The predicted octanol–water partition coefficient (Wildman–Crippen LogP) is 5.91. The summed E-state index contributed by atoms with van der Waals surface area (Å²) in [7, 11) is 0. The van der Waals surface area contributed by atoms with Gasteiger partial charge in [-0.25, -0.2) is 0 Å². The van der Waals surface area contributed by atoms with Crippen LogP contribution >= 0.6 is 0 Å². The Morgan fingerprint density at radius 2 is 0.846 bits per heavy atom. The van der Waals surface area contributed by atoms with Crippen LogP contribution in [0, 0.1) is 0 Å². The molecule has 0 spiro atoms. The normalized spacial score (nSPS) is 11.3. The first-order chi connectivity index (χ1) is 12.6. The molecule has 0 aromatic rings. The van der Waals surface area contributed by atoms with Gasteiger partial charge in [0.05, 0.1) is 13.2 Å². The number of ether oxygens (including phenoxy) is 2. The Kier molecular flexibility index (Phi) is 18.5. The van der Waals surface area contributed by atoms with Crippen LogP contribution in [0.3, 0.4) is 0 Å². The maximum absolute atomic E-state index is 10.6. The van der Waals surface area contributed by atoms with Gasteiger partial charge in [-0.1, -0.05) is 37.1 Å². The van der Waals surface area contributed by atoms with Gasteiger partial charge in [-0.2, -0.15) is 0 Å². The molecule has 0 fully saturated rings. The molecule has 0 amide bonds. The van der Waals surface area contributed by atoms with Gasteiger partial charge in [0.15, 0.2) is 0 Å². The second kappa shape index (κ2) is 19.7. The van der Waals surface area contributed by atoms with Crippen LogP contribution in [-0.4, -0.2) is 25.2 Å². The largest absolute Gasteiger partial charge is 0.466 e. The molecule has 0 bridgehead atoms. The Hall–Kier alpha value is -1.58. The van der Waals surface area contributed by atoms with Crippen LogP contribution in [0.2, 0.25) is 0 Å². The van der Waals surface area contributed by atoms with E-state index in [1.54, 1.807) is 0 Å². The van der Waals surface area contributed by atoms with E-state index in [1.165, 1.54) is 52.4 Å². The van der Waals surface area contributed by atoms with Gasteiger partial charge >= 0.3 is 11.9 Å². The standard InChI is InChI=1S/C22H38O4/c1-21(23)25-19-17-15-13-11-9-7-5-3-4-6-8-10-12-14-16-18-20-26-22(2)24/h9-12H,3-8,13-20H2,1-2H3/b11-9+,12-10+. The third kappa shape index (κ3) is 22.4. The van der Waals surface area contributed by atoms with Crippen molar-refractivity contribution in [1.29, 1.82) is 0 Å². The summed E-state index contributed by atoms with van der Waals surface area (Å²) in [4.78, 5) is 21.2. The summed E-state index contributed by atoms with van der Waals surface area (Å²) in [5.41, 5.74) is 0. The minimum Gasteiger partial charge on any atom is -0.466 e. The zero-order chi connectivity index (χ0) is 19.3. The molecule has 150 valence electrons. The van der Waals surface area contributed by atoms with E-state index in [2.05, 4.69) is 24.3 Å². The first kappa shape index (κ1) is 24.4. The first-order valence-electron chi connectivity index (χ1n) is 10.2. The van der Waals surface area contributed by atoms with Gasteiger partial charge in [0.2, 0.25) is 0 Å². The highest BCUT2D eigenvalue weighted by molar-refractivity contribution is 5.66. The van der Waals surface area contributed by atoms with E-state index < -0.39 is 0 Å². The van der Waals surface area contributed by atoms with Gasteiger partial charge in [-0.05, 0) is 64.2 Å². The Balaban J connectivity index is 3.18. The van der Waals surface area contributed by atoms with Gasteiger partial charge in [0.1, 0.15) is 0 Å². The molecule has 4 nitrogen and oxygen atoms in total. The second-order valence-corrected chi connectivity index (χ2v) is 6.61. The lowest BCUT2D eigenvalue weighted by molar-refractivity contribution is -0.142. The van der Waals surface area contributed by atoms with E-state index in [1.807, 2.05) is 0 Å². The molecule has 0 atom stereocenters. The van der Waals surface area contributed by atoms with E-state index >= 15 is 0 Å². The van der Waals surface area contributed by atoms with Crippen molar-refractivity contribution in [2.75, 3.05) is 13.2 Å². The fourth-order valence-corrected chi connectivity index (χ4v) is 2.51. The molecule has 0 unspecified atom stereocenters. The quantitative estimate of drug-likeness (QED) is 0.182. The Morgan fingerprint density at radius 3 is 1.15 bits per heavy atom. The third-order valence-corrected chi connectivity index (χ3v) is 3.97. The molecule has 26 heavy (non-hydrogen) atoms. The van der Waals surface area contributed by atoms with Crippen LogP contribution in [-0.2, 0) is 19.1 Å². The maximum atomic E-state index is 10.6. The van der Waals surface area contributed by atoms with Crippen molar-refractivity contribution in [3.05, 3.63) is 24.3 Å². The summed E-state index contributed by atoms with van der Waals surface area (Å²) in [5.74, 6) is -0.375. The molecule has 0 aliphatic heterocycles. The van der Waals surface area contributed by atoms with Gasteiger partial charge in [-0.15, -0.1) is 0 Å². The molecule has 0 saturated carbocycles. The lowest BCUT2D eigenvalue weighted by atomic mass is 10.1. The van der Waals surface area contributed by atoms with Crippen molar-refractivity contribution in [3.63, 3.8) is 0 Å². The highest BCUT2D eigenvalue weighted by atomic mass is 16.5. The van der Waals surface area contributed by atoms with Crippen molar-refractivity contribution >= 4 is 11.9 Å². The minimum absolute atomic E-state index is 0.188.